The van der Waals surface area contributed by atoms with Crippen molar-refractivity contribution in [1.29, 1.82) is 0 Å². The minimum absolute atomic E-state index is 0.0232. The van der Waals surface area contributed by atoms with E-state index in [2.05, 4.69) is 4.90 Å². The SMILES string of the molecule is C[C@@H]([C@H](O)c1ccccc1)N(C)C[C@@H]1C[C@H](c2ccc(CO)cc2)O[C@H](c2ccc(-c3cccc(CN4C(=O)c5ccccc5C4=O)c3)cc2)O1. The lowest BCUT2D eigenvalue weighted by atomic mass is 9.98. The standard InChI is InChI=1S/C43H42N2O6/c1-28(40(47)33-10-4-3-5-11-33)44(2)26-36-24-39(32-17-15-29(27-46)16-18-32)51-43(50-36)34-21-19-31(20-22-34)35-12-8-9-30(23-35)25-45-41(48)37-13-6-7-14-38(37)42(45)49/h3-23,28,36,39-40,43,46-47H,24-27H2,1-2H3/t28-,36-,39+,40-,43+/m0/s1. The van der Waals surface area contributed by atoms with Gasteiger partial charge in [0.05, 0.1) is 42.6 Å². The summed E-state index contributed by atoms with van der Waals surface area (Å²) in [6.07, 6.45) is -1.05. The Labute approximate surface area is 298 Å². The lowest BCUT2D eigenvalue weighted by Crippen LogP contribution is -2.43. The number of fused-ring (bicyclic) bond motifs is 1. The Balaban J connectivity index is 1.08. The van der Waals surface area contributed by atoms with Crippen LogP contribution in [0.25, 0.3) is 11.1 Å². The van der Waals surface area contributed by atoms with E-state index in [0.717, 1.165) is 38.9 Å². The molecular formula is C43H42N2O6. The van der Waals surface area contributed by atoms with Crippen molar-refractivity contribution in [2.75, 3.05) is 13.6 Å². The third kappa shape index (κ3) is 7.42. The Morgan fingerprint density at radius 1 is 0.745 bits per heavy atom. The van der Waals surface area contributed by atoms with Crippen LogP contribution in [-0.2, 0) is 22.6 Å². The summed E-state index contributed by atoms with van der Waals surface area (Å²) < 4.78 is 13.2. The van der Waals surface area contributed by atoms with Gasteiger partial charge in [-0.25, -0.2) is 0 Å². The van der Waals surface area contributed by atoms with Gasteiger partial charge in [0.2, 0.25) is 0 Å². The van der Waals surface area contributed by atoms with Crippen LogP contribution < -0.4 is 0 Å². The number of likely N-dealkylation sites (N-methyl/N-ethyl adjacent to an activating group) is 1. The molecule has 0 radical (unpaired) electrons. The summed E-state index contributed by atoms with van der Waals surface area (Å²) in [5.74, 6) is -0.543. The van der Waals surface area contributed by atoms with Gasteiger partial charge in [0.1, 0.15) is 0 Å². The normalized spacial score (nSPS) is 20.0. The summed E-state index contributed by atoms with van der Waals surface area (Å²) in [4.78, 5) is 29.4. The van der Waals surface area contributed by atoms with Crippen molar-refractivity contribution >= 4 is 11.8 Å². The number of aliphatic hydroxyl groups is 2. The largest absolute Gasteiger partial charge is 0.392 e. The van der Waals surface area contributed by atoms with Gasteiger partial charge >= 0.3 is 0 Å². The van der Waals surface area contributed by atoms with Crippen molar-refractivity contribution in [3.05, 3.63) is 166 Å². The first kappa shape index (κ1) is 34.5. The van der Waals surface area contributed by atoms with Gasteiger partial charge in [-0.15, -0.1) is 0 Å². The number of imide groups is 1. The first-order valence-corrected chi connectivity index (χ1v) is 17.4. The van der Waals surface area contributed by atoms with Crippen LogP contribution in [0.1, 0.15) is 80.4 Å². The minimum Gasteiger partial charge on any atom is -0.392 e. The van der Waals surface area contributed by atoms with Crippen LogP contribution in [0.4, 0.5) is 0 Å². The third-order valence-corrected chi connectivity index (χ3v) is 10.1. The highest BCUT2D eigenvalue weighted by atomic mass is 16.7. The van der Waals surface area contributed by atoms with Crippen molar-refractivity contribution in [3.63, 3.8) is 0 Å². The zero-order valence-electron chi connectivity index (χ0n) is 28.8. The number of rotatable bonds is 11. The predicted molar refractivity (Wildman–Crippen MR) is 194 cm³/mol. The van der Waals surface area contributed by atoms with Gasteiger partial charge in [-0.1, -0.05) is 109 Å². The molecule has 0 unspecified atom stereocenters. The van der Waals surface area contributed by atoms with Gasteiger partial charge in [0, 0.05) is 24.6 Å². The molecule has 51 heavy (non-hydrogen) atoms. The Hall–Kier alpha value is -4.96. The van der Waals surface area contributed by atoms with Crippen molar-refractivity contribution in [2.45, 2.75) is 57.1 Å². The molecule has 8 heteroatoms. The molecule has 1 saturated heterocycles. The fourth-order valence-corrected chi connectivity index (χ4v) is 6.94. The topological polar surface area (TPSA) is 99.5 Å². The highest BCUT2D eigenvalue weighted by Gasteiger charge is 2.36. The molecule has 7 rings (SSSR count). The second kappa shape index (κ2) is 15.1. The van der Waals surface area contributed by atoms with E-state index in [1.54, 1.807) is 24.3 Å². The van der Waals surface area contributed by atoms with Gasteiger partial charge in [0.25, 0.3) is 11.8 Å². The molecule has 8 nitrogen and oxygen atoms in total. The zero-order chi connectivity index (χ0) is 35.5. The van der Waals surface area contributed by atoms with Crippen LogP contribution in [0.3, 0.4) is 0 Å². The van der Waals surface area contributed by atoms with E-state index in [1.165, 1.54) is 4.90 Å². The Bertz CT molecular complexity index is 1950. The maximum absolute atomic E-state index is 13.0. The van der Waals surface area contributed by atoms with Gasteiger partial charge in [-0.2, -0.15) is 0 Å². The lowest BCUT2D eigenvalue weighted by molar-refractivity contribution is -0.253. The van der Waals surface area contributed by atoms with Crippen molar-refractivity contribution < 1.29 is 29.3 Å². The van der Waals surface area contributed by atoms with Gasteiger partial charge < -0.3 is 19.7 Å². The molecule has 5 atom stereocenters. The monoisotopic (exact) mass is 682 g/mol. The molecule has 0 bridgehead atoms. The predicted octanol–water partition coefficient (Wildman–Crippen LogP) is 7.24. The third-order valence-electron chi connectivity index (χ3n) is 10.1. The van der Waals surface area contributed by atoms with Crippen LogP contribution in [0.15, 0.2) is 127 Å². The molecule has 2 heterocycles. The van der Waals surface area contributed by atoms with Crippen molar-refractivity contribution in [3.8, 4) is 11.1 Å². The van der Waals surface area contributed by atoms with Crippen molar-refractivity contribution in [1.82, 2.24) is 9.80 Å². The van der Waals surface area contributed by atoms with E-state index < -0.39 is 12.4 Å². The number of nitrogens with zero attached hydrogens (tertiary/aromatic N) is 2. The number of ether oxygens (including phenoxy) is 2. The molecule has 5 aromatic carbocycles. The molecule has 5 aromatic rings. The summed E-state index contributed by atoms with van der Waals surface area (Å²) >= 11 is 0. The number of benzene rings is 5. The van der Waals surface area contributed by atoms with Crippen LogP contribution >= 0.6 is 0 Å². The maximum Gasteiger partial charge on any atom is 0.261 e. The quantitative estimate of drug-likeness (QED) is 0.142. The summed E-state index contributed by atoms with van der Waals surface area (Å²) in [6.45, 7) is 2.78. The number of carbonyl (C=O) groups excluding carboxylic acids is 2. The van der Waals surface area contributed by atoms with Crippen LogP contribution in [0, 0.1) is 0 Å². The fraction of sp³-hybridized carbons (Fsp3) is 0.256. The smallest absolute Gasteiger partial charge is 0.261 e. The van der Waals surface area contributed by atoms with E-state index in [9.17, 15) is 19.8 Å². The maximum atomic E-state index is 13.0. The lowest BCUT2D eigenvalue weighted by Gasteiger charge is -2.39. The van der Waals surface area contributed by atoms with Crippen LogP contribution in [0.2, 0.25) is 0 Å². The second-order valence-corrected chi connectivity index (χ2v) is 13.5. The minimum atomic E-state index is -0.646. The zero-order valence-corrected chi connectivity index (χ0v) is 28.8. The summed E-state index contributed by atoms with van der Waals surface area (Å²) in [5, 5.41) is 20.7. The van der Waals surface area contributed by atoms with E-state index in [4.69, 9.17) is 9.47 Å². The number of carbonyl (C=O) groups is 2. The Morgan fingerprint density at radius 2 is 1.39 bits per heavy atom. The molecule has 2 amide bonds. The average molecular weight is 683 g/mol. The first-order valence-electron chi connectivity index (χ1n) is 17.4. The average Bonchev–Trinajstić information content (AvgIpc) is 3.42. The highest BCUT2D eigenvalue weighted by Crippen LogP contribution is 2.39. The number of hydrogen-bond donors (Lipinski definition) is 2. The Kier molecular flexibility index (Phi) is 10.2. The summed E-state index contributed by atoms with van der Waals surface area (Å²) in [6, 6.07) is 40.3. The molecule has 0 spiro atoms. The molecule has 1 fully saturated rings. The second-order valence-electron chi connectivity index (χ2n) is 13.5. The molecule has 2 aliphatic rings. The number of amides is 2. The molecular weight excluding hydrogens is 640 g/mol. The van der Waals surface area contributed by atoms with Gasteiger partial charge in [-0.05, 0) is 65.6 Å². The highest BCUT2D eigenvalue weighted by molar-refractivity contribution is 6.21. The fourth-order valence-electron chi connectivity index (χ4n) is 6.94. The summed E-state index contributed by atoms with van der Waals surface area (Å²) in [7, 11) is 2.01. The Morgan fingerprint density at radius 3 is 2.06 bits per heavy atom. The molecule has 0 aromatic heterocycles. The van der Waals surface area contributed by atoms with Gasteiger partial charge in [0.15, 0.2) is 6.29 Å². The van der Waals surface area contributed by atoms with E-state index in [1.807, 2.05) is 117 Å². The molecule has 2 N–H and O–H groups in total. The number of aliphatic hydroxyl groups excluding tert-OH is 2. The van der Waals surface area contributed by atoms with Gasteiger partial charge in [-0.3, -0.25) is 19.4 Å². The van der Waals surface area contributed by atoms with E-state index in [-0.39, 0.29) is 43.2 Å². The van der Waals surface area contributed by atoms with E-state index in [0.29, 0.717) is 24.1 Å². The van der Waals surface area contributed by atoms with E-state index >= 15 is 0 Å². The molecule has 0 saturated carbocycles. The number of hydrogen-bond acceptors (Lipinski definition) is 7. The molecule has 0 aliphatic carbocycles. The van der Waals surface area contributed by atoms with Crippen LogP contribution in [-0.4, -0.2) is 57.6 Å². The molecule has 2 aliphatic heterocycles. The van der Waals surface area contributed by atoms with Crippen molar-refractivity contribution in [2.24, 2.45) is 0 Å². The first-order chi connectivity index (χ1) is 24.8. The summed E-state index contributed by atoms with van der Waals surface area (Å²) in [5.41, 5.74) is 7.30. The molecule has 260 valence electrons. The van der Waals surface area contributed by atoms with Crippen LogP contribution in [0.5, 0.6) is 0 Å².